The number of hydrazine groups is 1. The van der Waals surface area contributed by atoms with Gasteiger partial charge in [0, 0.05) is 12.5 Å². The number of hydrogen-bond donors (Lipinski definition) is 4. The fourth-order valence-electron chi connectivity index (χ4n) is 2.05. The number of amides is 3. The molecule has 0 heterocycles. The minimum absolute atomic E-state index is 0.0155. The Balaban J connectivity index is 0. The first kappa shape index (κ1) is 22.6. The quantitative estimate of drug-likeness (QED) is 0.265. The predicted octanol–water partition coefficient (Wildman–Crippen LogP) is 1.46. The highest BCUT2D eigenvalue weighted by atomic mass is 16.2. The Kier molecular flexibility index (Phi) is 12.3. The average molecular weight is 316 g/mol. The van der Waals surface area contributed by atoms with Crippen LogP contribution in [-0.4, -0.2) is 24.3 Å². The monoisotopic (exact) mass is 316 g/mol. The van der Waals surface area contributed by atoms with Gasteiger partial charge >= 0.3 is 6.03 Å². The Hall–Kier alpha value is -1.63. The fraction of sp³-hybridized carbons (Fsp3) is 0.800. The lowest BCUT2D eigenvalue weighted by molar-refractivity contribution is -0.150. The summed E-state index contributed by atoms with van der Waals surface area (Å²) in [7, 11) is 0. The number of carbonyl (C=O) groups is 3. The Morgan fingerprint density at radius 1 is 1.18 bits per heavy atom. The largest absolute Gasteiger partial charge is 0.352 e. The molecule has 0 aromatic rings. The summed E-state index contributed by atoms with van der Waals surface area (Å²) < 4.78 is 0. The van der Waals surface area contributed by atoms with E-state index in [-0.39, 0.29) is 17.6 Å². The van der Waals surface area contributed by atoms with E-state index < -0.39 is 11.4 Å². The number of rotatable bonds is 5. The van der Waals surface area contributed by atoms with Gasteiger partial charge in [-0.2, -0.15) is 0 Å². The van der Waals surface area contributed by atoms with Crippen LogP contribution in [0, 0.1) is 11.3 Å². The number of hydrogen-bond acceptors (Lipinski definition) is 4. The first-order valence-corrected chi connectivity index (χ1v) is 7.90. The highest BCUT2D eigenvalue weighted by Gasteiger charge is 2.50. The summed E-state index contributed by atoms with van der Waals surface area (Å²) in [5.41, 5.74) is 6.01. The van der Waals surface area contributed by atoms with Crippen molar-refractivity contribution in [1.82, 2.24) is 10.7 Å². The van der Waals surface area contributed by atoms with Gasteiger partial charge in [-0.05, 0) is 19.3 Å². The minimum atomic E-state index is -0.803. The summed E-state index contributed by atoms with van der Waals surface area (Å²) in [6, 6.07) is -0.443. The van der Waals surface area contributed by atoms with Crippen LogP contribution in [0.25, 0.3) is 0 Å². The molecule has 3 amide bonds. The molecule has 7 nitrogen and oxygen atoms in total. The topological polar surface area (TPSA) is 127 Å². The van der Waals surface area contributed by atoms with Gasteiger partial charge in [0.25, 0.3) is 0 Å². The van der Waals surface area contributed by atoms with Crippen LogP contribution in [0.2, 0.25) is 0 Å². The SMILES string of the molecule is CC.CC(C)C(=O)C1(C(=O)NN)CCC1.CCCNC(N)=O. The zero-order chi connectivity index (χ0) is 17.8. The van der Waals surface area contributed by atoms with E-state index in [1.165, 1.54) is 0 Å². The number of carbonyl (C=O) groups excluding carboxylic acids is 3. The van der Waals surface area contributed by atoms with Crippen molar-refractivity contribution in [2.45, 2.75) is 60.3 Å². The summed E-state index contributed by atoms with van der Waals surface area (Å²) in [6.45, 7) is 10.3. The van der Waals surface area contributed by atoms with E-state index >= 15 is 0 Å². The molecule has 0 unspecified atom stereocenters. The Morgan fingerprint density at radius 3 is 1.86 bits per heavy atom. The third kappa shape index (κ3) is 6.89. The standard InChI is InChI=1S/C9H16N2O2.C4H10N2O.C2H6/c1-6(2)7(12)9(4-3-5-9)8(13)11-10;1-2-3-6-4(5)7;1-2/h6H,3-5,10H2,1-2H3,(H,11,13);2-3H2,1H3,(H3,5,6,7);1-2H3. The second-order valence-electron chi connectivity index (χ2n) is 5.22. The predicted molar refractivity (Wildman–Crippen MR) is 87.7 cm³/mol. The van der Waals surface area contributed by atoms with Gasteiger partial charge in [0.05, 0.1) is 0 Å². The number of Topliss-reactive ketones (excluding diaryl/α,β-unsaturated/α-hetero) is 1. The van der Waals surface area contributed by atoms with Crippen LogP contribution >= 0.6 is 0 Å². The second kappa shape index (κ2) is 12.0. The zero-order valence-electron chi connectivity index (χ0n) is 14.5. The molecule has 1 fully saturated rings. The van der Waals surface area contributed by atoms with Crippen molar-refractivity contribution in [3.05, 3.63) is 0 Å². The first-order valence-electron chi connectivity index (χ1n) is 7.90. The minimum Gasteiger partial charge on any atom is -0.352 e. The molecule has 0 aliphatic heterocycles. The molecule has 22 heavy (non-hydrogen) atoms. The molecule has 1 saturated carbocycles. The smallest absolute Gasteiger partial charge is 0.312 e. The zero-order valence-corrected chi connectivity index (χ0v) is 14.5. The molecule has 0 spiro atoms. The molecule has 0 radical (unpaired) electrons. The van der Waals surface area contributed by atoms with Crippen LogP contribution < -0.4 is 22.3 Å². The molecular formula is C15H32N4O3. The maximum absolute atomic E-state index is 11.7. The summed E-state index contributed by atoms with van der Waals surface area (Å²) in [5, 5.41) is 2.43. The van der Waals surface area contributed by atoms with Crippen molar-refractivity contribution in [2.75, 3.05) is 6.54 Å². The molecule has 0 aromatic heterocycles. The van der Waals surface area contributed by atoms with Gasteiger partial charge in [0.2, 0.25) is 5.91 Å². The molecule has 1 aliphatic carbocycles. The summed E-state index contributed by atoms with van der Waals surface area (Å²) >= 11 is 0. The summed E-state index contributed by atoms with van der Waals surface area (Å²) in [6.07, 6.45) is 3.16. The third-order valence-electron chi connectivity index (χ3n) is 3.32. The van der Waals surface area contributed by atoms with Crippen molar-refractivity contribution >= 4 is 17.7 Å². The van der Waals surface area contributed by atoms with Gasteiger partial charge in [-0.25, -0.2) is 10.6 Å². The number of nitrogens with one attached hydrogen (secondary N) is 2. The van der Waals surface area contributed by atoms with Crippen molar-refractivity contribution in [2.24, 2.45) is 22.9 Å². The first-order chi connectivity index (χ1) is 10.3. The van der Waals surface area contributed by atoms with E-state index in [0.717, 1.165) is 12.8 Å². The Bertz CT molecular complexity index is 353. The Morgan fingerprint density at radius 2 is 1.68 bits per heavy atom. The van der Waals surface area contributed by atoms with Crippen molar-refractivity contribution in [1.29, 1.82) is 0 Å². The summed E-state index contributed by atoms with van der Waals surface area (Å²) in [5.74, 6) is 4.65. The number of primary amides is 1. The molecule has 1 aliphatic rings. The van der Waals surface area contributed by atoms with Gasteiger partial charge in [-0.3, -0.25) is 15.0 Å². The van der Waals surface area contributed by atoms with Crippen LogP contribution in [0.5, 0.6) is 0 Å². The Labute approximate surface area is 133 Å². The van der Waals surface area contributed by atoms with Crippen LogP contribution in [-0.2, 0) is 9.59 Å². The van der Waals surface area contributed by atoms with Gasteiger partial charge in [0.1, 0.15) is 5.41 Å². The van der Waals surface area contributed by atoms with E-state index in [1.807, 2.05) is 34.6 Å². The summed E-state index contributed by atoms with van der Waals surface area (Å²) in [4.78, 5) is 33.0. The van der Waals surface area contributed by atoms with E-state index in [1.54, 1.807) is 0 Å². The van der Waals surface area contributed by atoms with E-state index in [9.17, 15) is 14.4 Å². The molecule has 7 heteroatoms. The van der Waals surface area contributed by atoms with E-state index in [2.05, 4.69) is 10.7 Å². The van der Waals surface area contributed by atoms with Crippen LogP contribution in [0.1, 0.15) is 60.3 Å². The molecule has 0 bridgehead atoms. The fourth-order valence-corrected chi connectivity index (χ4v) is 2.05. The molecule has 130 valence electrons. The van der Waals surface area contributed by atoms with Crippen molar-refractivity contribution in [3.8, 4) is 0 Å². The second-order valence-corrected chi connectivity index (χ2v) is 5.22. The highest BCUT2D eigenvalue weighted by molar-refractivity contribution is 6.07. The lowest BCUT2D eigenvalue weighted by atomic mass is 9.63. The number of ketones is 1. The van der Waals surface area contributed by atoms with Crippen LogP contribution in [0.4, 0.5) is 4.79 Å². The molecule has 1 rings (SSSR count). The van der Waals surface area contributed by atoms with E-state index in [0.29, 0.717) is 19.4 Å². The highest BCUT2D eigenvalue weighted by Crippen LogP contribution is 2.43. The van der Waals surface area contributed by atoms with Crippen LogP contribution in [0.3, 0.4) is 0 Å². The normalized spacial score (nSPS) is 14.3. The van der Waals surface area contributed by atoms with Gasteiger partial charge < -0.3 is 11.1 Å². The molecule has 0 atom stereocenters. The lowest BCUT2D eigenvalue weighted by Crippen LogP contribution is -2.54. The van der Waals surface area contributed by atoms with Gasteiger partial charge in [-0.1, -0.05) is 41.0 Å². The van der Waals surface area contributed by atoms with Crippen LogP contribution in [0.15, 0.2) is 0 Å². The molecule has 0 aromatic carbocycles. The average Bonchev–Trinajstić information content (AvgIpc) is 2.46. The van der Waals surface area contributed by atoms with Crippen molar-refractivity contribution < 1.29 is 14.4 Å². The maximum atomic E-state index is 11.7. The van der Waals surface area contributed by atoms with Gasteiger partial charge in [0.15, 0.2) is 5.78 Å². The number of nitrogens with two attached hydrogens (primary N) is 2. The molecule has 6 N–H and O–H groups in total. The van der Waals surface area contributed by atoms with Gasteiger partial charge in [-0.15, -0.1) is 0 Å². The van der Waals surface area contributed by atoms with Crippen molar-refractivity contribution in [3.63, 3.8) is 0 Å². The molecular weight excluding hydrogens is 284 g/mol. The van der Waals surface area contributed by atoms with E-state index in [4.69, 9.17) is 11.6 Å². The lowest BCUT2D eigenvalue weighted by Gasteiger charge is -2.39. The molecule has 0 saturated heterocycles. The third-order valence-corrected chi connectivity index (χ3v) is 3.32. The maximum Gasteiger partial charge on any atom is 0.312 e. The number of urea groups is 1.